The third-order valence-electron chi connectivity index (χ3n) is 3.07. The molecule has 0 aliphatic carbocycles. The van der Waals surface area contributed by atoms with Crippen molar-refractivity contribution in [3.63, 3.8) is 0 Å². The number of nitrogens with one attached hydrogen (secondary N) is 1. The summed E-state index contributed by atoms with van der Waals surface area (Å²) >= 11 is 0. The van der Waals surface area contributed by atoms with Gasteiger partial charge in [-0.3, -0.25) is 4.79 Å². The van der Waals surface area contributed by atoms with E-state index in [2.05, 4.69) is 5.32 Å². The second-order valence-corrected chi connectivity index (χ2v) is 6.69. The Bertz CT molecular complexity index is 725. The molecule has 2 aromatic rings. The highest BCUT2D eigenvalue weighted by atomic mass is 32.2. The maximum Gasteiger partial charge on any atom is 0.235 e. The normalized spacial score (nSPS) is 11.0. The van der Waals surface area contributed by atoms with Gasteiger partial charge in [0.1, 0.15) is 11.5 Å². The summed E-state index contributed by atoms with van der Waals surface area (Å²) in [7, 11) is -2.16. The summed E-state index contributed by atoms with van der Waals surface area (Å²) in [5.74, 6) is -0.543. The van der Waals surface area contributed by atoms with Gasteiger partial charge in [-0.1, -0.05) is 30.3 Å². The van der Waals surface area contributed by atoms with Gasteiger partial charge in [-0.05, 0) is 29.8 Å². The smallest absolute Gasteiger partial charge is 0.235 e. The van der Waals surface area contributed by atoms with Crippen LogP contribution in [0.15, 0.2) is 59.5 Å². The van der Waals surface area contributed by atoms with E-state index in [9.17, 15) is 13.2 Å². The Labute approximate surface area is 129 Å². The molecule has 5 nitrogen and oxygen atoms in total. The predicted octanol–water partition coefficient (Wildman–Crippen LogP) is 1.79. The molecule has 0 atom stereocenters. The molecule has 1 amide bonds. The first-order valence-corrected chi connectivity index (χ1v) is 8.34. The Balaban J connectivity index is 1.97. The van der Waals surface area contributed by atoms with Crippen molar-refractivity contribution >= 4 is 15.7 Å². The number of rotatable bonds is 6. The average Bonchev–Trinajstić information content (AvgIpc) is 2.53. The van der Waals surface area contributed by atoms with Gasteiger partial charge in [0.05, 0.1) is 12.0 Å². The summed E-state index contributed by atoms with van der Waals surface area (Å²) in [5.41, 5.74) is 0.915. The second-order valence-electron chi connectivity index (χ2n) is 4.70. The van der Waals surface area contributed by atoms with Gasteiger partial charge in [-0.15, -0.1) is 0 Å². The molecule has 116 valence electrons. The summed E-state index contributed by atoms with van der Waals surface area (Å²) in [4.78, 5) is 11.9. The Morgan fingerprint density at radius 3 is 2.27 bits per heavy atom. The topological polar surface area (TPSA) is 72.5 Å². The van der Waals surface area contributed by atoms with Crippen LogP contribution >= 0.6 is 0 Å². The number of carbonyl (C=O) groups excluding carboxylic acids is 1. The van der Waals surface area contributed by atoms with Crippen LogP contribution in [0.25, 0.3) is 0 Å². The Kier molecular flexibility index (Phi) is 5.16. The van der Waals surface area contributed by atoms with Gasteiger partial charge in [0.25, 0.3) is 0 Å². The number of hydrogen-bond acceptors (Lipinski definition) is 4. The van der Waals surface area contributed by atoms with Gasteiger partial charge in [-0.25, -0.2) is 8.42 Å². The van der Waals surface area contributed by atoms with E-state index in [4.69, 9.17) is 4.74 Å². The van der Waals surface area contributed by atoms with Crippen molar-refractivity contribution in [2.45, 2.75) is 11.4 Å². The Hall–Kier alpha value is -2.34. The molecule has 0 spiro atoms. The number of amides is 1. The van der Waals surface area contributed by atoms with E-state index < -0.39 is 21.5 Å². The molecule has 0 aromatic heterocycles. The van der Waals surface area contributed by atoms with Crippen molar-refractivity contribution in [3.8, 4) is 5.75 Å². The zero-order valence-corrected chi connectivity index (χ0v) is 13.0. The molecule has 0 saturated heterocycles. The molecule has 0 aliphatic rings. The van der Waals surface area contributed by atoms with Crippen LogP contribution in [0.4, 0.5) is 0 Å². The molecule has 0 fully saturated rings. The summed E-state index contributed by atoms with van der Waals surface area (Å²) in [5, 5.41) is 2.60. The van der Waals surface area contributed by atoms with Gasteiger partial charge >= 0.3 is 0 Å². The number of hydrogen-bond donors (Lipinski definition) is 1. The second kappa shape index (κ2) is 7.09. The van der Waals surface area contributed by atoms with E-state index in [0.717, 1.165) is 5.56 Å². The lowest BCUT2D eigenvalue weighted by Crippen LogP contribution is -2.29. The SMILES string of the molecule is COc1ccc(S(=O)(=O)CC(=O)NCc2ccccc2)cc1. The van der Waals surface area contributed by atoms with Crippen LogP contribution < -0.4 is 10.1 Å². The highest BCUT2D eigenvalue weighted by Gasteiger charge is 2.19. The maximum atomic E-state index is 12.2. The average molecular weight is 319 g/mol. The summed E-state index contributed by atoms with van der Waals surface area (Å²) in [6.45, 7) is 0.303. The lowest BCUT2D eigenvalue weighted by Gasteiger charge is -2.07. The van der Waals surface area contributed by atoms with Crippen LogP contribution in [0, 0.1) is 0 Å². The first-order chi connectivity index (χ1) is 10.5. The van der Waals surface area contributed by atoms with Crippen LogP contribution in [0.3, 0.4) is 0 Å². The molecule has 1 N–H and O–H groups in total. The van der Waals surface area contributed by atoms with Gasteiger partial charge in [0.15, 0.2) is 9.84 Å². The predicted molar refractivity (Wildman–Crippen MR) is 83.3 cm³/mol. The fourth-order valence-electron chi connectivity index (χ4n) is 1.89. The third-order valence-corrected chi connectivity index (χ3v) is 4.70. The Morgan fingerprint density at radius 1 is 1.05 bits per heavy atom. The van der Waals surface area contributed by atoms with Crippen LogP contribution in [-0.2, 0) is 21.2 Å². The maximum absolute atomic E-state index is 12.2. The summed E-state index contributed by atoms with van der Waals surface area (Å²) < 4.78 is 29.3. The standard InChI is InChI=1S/C16H17NO4S/c1-21-14-7-9-15(10-8-14)22(19,20)12-16(18)17-11-13-5-3-2-4-6-13/h2-10H,11-12H2,1H3,(H,17,18). The first kappa shape index (κ1) is 16.0. The minimum absolute atomic E-state index is 0.100. The highest BCUT2D eigenvalue weighted by Crippen LogP contribution is 2.16. The molecular formula is C16H17NO4S. The number of benzene rings is 2. The highest BCUT2D eigenvalue weighted by molar-refractivity contribution is 7.92. The van der Waals surface area contributed by atoms with Crippen LogP contribution in [0.1, 0.15) is 5.56 Å². The van der Waals surface area contributed by atoms with Gasteiger partial charge in [0.2, 0.25) is 5.91 Å². The van der Waals surface area contributed by atoms with Crippen molar-refractivity contribution in [3.05, 3.63) is 60.2 Å². The van der Waals surface area contributed by atoms with E-state index in [1.165, 1.54) is 19.2 Å². The van der Waals surface area contributed by atoms with Crippen molar-refractivity contribution in [1.29, 1.82) is 0 Å². The largest absolute Gasteiger partial charge is 0.497 e. The molecular weight excluding hydrogens is 302 g/mol. The van der Waals surface area contributed by atoms with Crippen molar-refractivity contribution in [2.75, 3.05) is 12.9 Å². The quantitative estimate of drug-likeness (QED) is 0.881. The van der Waals surface area contributed by atoms with E-state index in [1.54, 1.807) is 12.1 Å². The van der Waals surface area contributed by atoms with Gasteiger partial charge < -0.3 is 10.1 Å². The van der Waals surface area contributed by atoms with Crippen LogP contribution in [0.5, 0.6) is 5.75 Å². The molecule has 2 aromatic carbocycles. The molecule has 0 bridgehead atoms. The molecule has 0 heterocycles. The van der Waals surface area contributed by atoms with Crippen molar-refractivity contribution in [1.82, 2.24) is 5.32 Å². The molecule has 0 aliphatic heterocycles. The minimum Gasteiger partial charge on any atom is -0.497 e. The zero-order chi connectivity index (χ0) is 16.0. The first-order valence-electron chi connectivity index (χ1n) is 6.69. The van der Waals surface area contributed by atoms with Crippen molar-refractivity contribution < 1.29 is 17.9 Å². The van der Waals surface area contributed by atoms with Gasteiger partial charge in [0, 0.05) is 6.54 Å². The van der Waals surface area contributed by atoms with Crippen LogP contribution in [-0.4, -0.2) is 27.2 Å². The van der Waals surface area contributed by atoms with Crippen molar-refractivity contribution in [2.24, 2.45) is 0 Å². The number of carbonyl (C=O) groups is 1. The molecule has 0 unspecified atom stereocenters. The van der Waals surface area contributed by atoms with E-state index in [-0.39, 0.29) is 4.90 Å². The lowest BCUT2D eigenvalue weighted by molar-refractivity contribution is -0.118. The van der Waals surface area contributed by atoms with Gasteiger partial charge in [-0.2, -0.15) is 0 Å². The van der Waals surface area contributed by atoms with E-state index in [0.29, 0.717) is 12.3 Å². The number of sulfone groups is 1. The molecule has 22 heavy (non-hydrogen) atoms. The third kappa shape index (κ3) is 4.33. The monoisotopic (exact) mass is 319 g/mol. The van der Waals surface area contributed by atoms with E-state index >= 15 is 0 Å². The molecule has 0 saturated carbocycles. The van der Waals surface area contributed by atoms with Crippen LogP contribution in [0.2, 0.25) is 0 Å². The zero-order valence-electron chi connectivity index (χ0n) is 12.2. The van der Waals surface area contributed by atoms with E-state index in [1.807, 2.05) is 30.3 Å². The molecule has 6 heteroatoms. The number of ether oxygens (including phenoxy) is 1. The fraction of sp³-hybridized carbons (Fsp3) is 0.188. The fourth-order valence-corrected chi connectivity index (χ4v) is 3.05. The lowest BCUT2D eigenvalue weighted by atomic mass is 10.2. The molecule has 2 rings (SSSR count). The summed E-state index contributed by atoms with van der Waals surface area (Å²) in [6, 6.07) is 15.3. The number of methoxy groups -OCH3 is 1. The Morgan fingerprint density at radius 2 is 1.68 bits per heavy atom. The molecule has 0 radical (unpaired) electrons. The minimum atomic E-state index is -3.66. The summed E-state index contributed by atoms with van der Waals surface area (Å²) in [6.07, 6.45) is 0.